The molecule has 0 atom stereocenters. The molecule has 0 aromatic rings. The van der Waals surface area contributed by atoms with Gasteiger partial charge in [0.15, 0.2) is 0 Å². The maximum Gasteiger partial charge on any atom is 0 e. The van der Waals surface area contributed by atoms with Gasteiger partial charge in [0.25, 0.3) is 0 Å². The van der Waals surface area contributed by atoms with Gasteiger partial charge in [-0.25, -0.2) is 0 Å². The fourth-order valence-electron chi connectivity index (χ4n) is 0.478. The van der Waals surface area contributed by atoms with Gasteiger partial charge in [-0.15, -0.1) is 0 Å². The lowest BCUT2D eigenvalue weighted by Crippen LogP contribution is -1.56. The first-order valence-corrected chi connectivity index (χ1v) is 3.18. The molecule has 0 aliphatic heterocycles. The van der Waals surface area contributed by atoms with Gasteiger partial charge in [0, 0.05) is 2.85 Å². The van der Waals surface area contributed by atoms with Gasteiger partial charge >= 0.3 is 0 Å². The number of hydrogen-bond donors (Lipinski definition) is 0. The highest BCUT2D eigenvalue weighted by Gasteiger charge is 1.65. The highest BCUT2D eigenvalue weighted by molar-refractivity contribution is 4.90. The van der Waals surface area contributed by atoms with Crippen LogP contribution in [0.25, 0.3) is 0 Å². The first-order chi connectivity index (χ1) is 3.91. The van der Waals surface area contributed by atoms with Crippen molar-refractivity contribution in [3.8, 4) is 0 Å². The molecule has 0 heteroatoms. The Hall–Kier alpha value is -0.520. The standard InChI is InChI=1S/C8H14.2H2/c1-3-5-7-8-6-4-2;;/h3,5-6,8H,4,7H2,1-2H3;2*1H. The Morgan fingerprint density at radius 1 is 1.25 bits per heavy atom. The summed E-state index contributed by atoms with van der Waals surface area (Å²) >= 11 is 0. The smallest absolute Gasteiger partial charge is 0 e. The summed E-state index contributed by atoms with van der Waals surface area (Å²) < 4.78 is 0. The van der Waals surface area contributed by atoms with Gasteiger partial charge in [-0.3, -0.25) is 0 Å². The van der Waals surface area contributed by atoms with Crippen molar-refractivity contribution < 1.29 is 2.85 Å². The van der Waals surface area contributed by atoms with Crippen molar-refractivity contribution in [2.45, 2.75) is 26.7 Å². The van der Waals surface area contributed by atoms with Crippen LogP contribution in [0.5, 0.6) is 0 Å². The second kappa shape index (κ2) is 6.48. The minimum absolute atomic E-state index is 0. The van der Waals surface area contributed by atoms with Crippen LogP contribution in [0.1, 0.15) is 29.5 Å². The molecule has 0 unspecified atom stereocenters. The molecule has 0 saturated heterocycles. The van der Waals surface area contributed by atoms with E-state index < -0.39 is 0 Å². The molecule has 0 N–H and O–H groups in total. The quantitative estimate of drug-likeness (QED) is 0.493. The van der Waals surface area contributed by atoms with Crippen LogP contribution in [0.15, 0.2) is 24.3 Å². The third-order valence-corrected chi connectivity index (χ3v) is 0.910. The monoisotopic (exact) mass is 114 g/mol. The summed E-state index contributed by atoms with van der Waals surface area (Å²) in [6.07, 6.45) is 10.8. The molecule has 8 heavy (non-hydrogen) atoms. The zero-order valence-electron chi connectivity index (χ0n) is 5.72. The van der Waals surface area contributed by atoms with Crippen molar-refractivity contribution in [3.63, 3.8) is 0 Å². The SMILES string of the molecule is CC=CCC=CCC.[HH].[HH]. The summed E-state index contributed by atoms with van der Waals surface area (Å²) in [6, 6.07) is 0. The Labute approximate surface area is 54.9 Å². The van der Waals surface area contributed by atoms with E-state index in [1.54, 1.807) is 0 Å². The maximum absolute atomic E-state index is 2.18. The average molecular weight is 114 g/mol. The first kappa shape index (κ1) is 7.48. The Balaban J connectivity index is -0.000000245. The molecule has 0 aromatic heterocycles. The lowest BCUT2D eigenvalue weighted by atomic mass is 10.3. The molecule has 0 fully saturated rings. The van der Waals surface area contributed by atoms with E-state index in [9.17, 15) is 0 Å². The molecule has 0 bridgehead atoms. The molecule has 0 aliphatic rings. The van der Waals surface area contributed by atoms with Crippen LogP contribution in [0.4, 0.5) is 0 Å². The van der Waals surface area contributed by atoms with Gasteiger partial charge in [-0.05, 0) is 19.8 Å². The van der Waals surface area contributed by atoms with E-state index in [2.05, 4.69) is 31.2 Å². The number of rotatable bonds is 3. The summed E-state index contributed by atoms with van der Waals surface area (Å²) in [6.45, 7) is 4.19. The van der Waals surface area contributed by atoms with Gasteiger partial charge in [0.1, 0.15) is 0 Å². The Bertz CT molecular complexity index is 85.3. The van der Waals surface area contributed by atoms with Crippen LogP contribution in [-0.4, -0.2) is 0 Å². The van der Waals surface area contributed by atoms with Gasteiger partial charge in [-0.2, -0.15) is 0 Å². The predicted octanol–water partition coefficient (Wildman–Crippen LogP) is 3.41. The van der Waals surface area contributed by atoms with Gasteiger partial charge in [-0.1, -0.05) is 31.2 Å². The Kier molecular flexibility index (Phi) is 6.06. The van der Waals surface area contributed by atoms with E-state index in [4.69, 9.17) is 0 Å². The average Bonchev–Trinajstić information content (AvgIpc) is 1.81. The number of allylic oxidation sites excluding steroid dienone is 4. The van der Waals surface area contributed by atoms with Gasteiger partial charge in [0.05, 0.1) is 0 Å². The second-order valence-electron chi connectivity index (χ2n) is 1.68. The van der Waals surface area contributed by atoms with Crippen LogP contribution >= 0.6 is 0 Å². The lowest BCUT2D eigenvalue weighted by molar-refractivity contribution is 1.20. The van der Waals surface area contributed by atoms with Crippen LogP contribution in [0, 0.1) is 0 Å². The topological polar surface area (TPSA) is 0 Å². The summed E-state index contributed by atoms with van der Waals surface area (Å²) in [4.78, 5) is 0. The summed E-state index contributed by atoms with van der Waals surface area (Å²) in [7, 11) is 0. The van der Waals surface area contributed by atoms with E-state index in [1.165, 1.54) is 0 Å². The highest BCUT2D eigenvalue weighted by atomic mass is 13.7. The molecule has 0 aliphatic carbocycles. The van der Waals surface area contributed by atoms with Crippen molar-refractivity contribution in [3.05, 3.63) is 24.3 Å². The van der Waals surface area contributed by atoms with Crippen molar-refractivity contribution in [1.29, 1.82) is 0 Å². The van der Waals surface area contributed by atoms with E-state index >= 15 is 0 Å². The largest absolute Gasteiger partial charge is 0.0914 e. The van der Waals surface area contributed by atoms with Crippen LogP contribution in [0.3, 0.4) is 0 Å². The highest BCUT2D eigenvalue weighted by Crippen LogP contribution is 1.86. The Morgan fingerprint density at radius 2 is 2.00 bits per heavy atom. The summed E-state index contributed by atoms with van der Waals surface area (Å²) in [5, 5.41) is 0. The molecule has 0 amide bonds. The number of hydrogen-bond acceptors (Lipinski definition) is 0. The molecule has 0 heterocycles. The van der Waals surface area contributed by atoms with Crippen LogP contribution < -0.4 is 0 Å². The van der Waals surface area contributed by atoms with E-state index in [0.29, 0.717) is 0 Å². The van der Waals surface area contributed by atoms with Crippen molar-refractivity contribution in [2.24, 2.45) is 0 Å². The van der Waals surface area contributed by atoms with Crippen molar-refractivity contribution in [1.82, 2.24) is 0 Å². The lowest BCUT2D eigenvalue weighted by Gasteiger charge is -1.77. The zero-order valence-corrected chi connectivity index (χ0v) is 5.72. The molecular weight excluding hydrogens is 96.1 g/mol. The minimum Gasteiger partial charge on any atom is -0.0914 e. The fraction of sp³-hybridized carbons (Fsp3) is 0.500. The molecule has 0 nitrogen and oxygen atoms in total. The molecule has 50 valence electrons. The van der Waals surface area contributed by atoms with Gasteiger partial charge in [0.2, 0.25) is 0 Å². The normalized spacial score (nSPS) is 11.8. The molecule has 0 aromatic carbocycles. The van der Waals surface area contributed by atoms with E-state index in [0.717, 1.165) is 12.8 Å². The first-order valence-electron chi connectivity index (χ1n) is 3.18. The van der Waals surface area contributed by atoms with Crippen molar-refractivity contribution in [2.75, 3.05) is 0 Å². The molecule has 0 saturated carbocycles. The minimum atomic E-state index is 0. The van der Waals surface area contributed by atoms with Crippen LogP contribution in [0.2, 0.25) is 0 Å². The molecular formula is C8H18. The fourth-order valence-corrected chi connectivity index (χ4v) is 0.478. The molecule has 0 spiro atoms. The van der Waals surface area contributed by atoms with Crippen LogP contribution in [-0.2, 0) is 0 Å². The third-order valence-electron chi connectivity index (χ3n) is 0.910. The zero-order chi connectivity index (χ0) is 6.24. The van der Waals surface area contributed by atoms with E-state index in [1.807, 2.05) is 6.92 Å². The predicted molar refractivity (Wildman–Crippen MR) is 43.1 cm³/mol. The molecule has 0 rings (SSSR count). The van der Waals surface area contributed by atoms with Crippen molar-refractivity contribution >= 4 is 0 Å². The van der Waals surface area contributed by atoms with E-state index in [-0.39, 0.29) is 2.85 Å². The second-order valence-corrected chi connectivity index (χ2v) is 1.68. The maximum atomic E-state index is 2.18. The molecule has 0 radical (unpaired) electrons. The summed E-state index contributed by atoms with van der Waals surface area (Å²) in [5.41, 5.74) is 0. The Morgan fingerprint density at radius 3 is 2.50 bits per heavy atom. The summed E-state index contributed by atoms with van der Waals surface area (Å²) in [5.74, 6) is 0. The third kappa shape index (κ3) is 5.48. The van der Waals surface area contributed by atoms with Gasteiger partial charge < -0.3 is 0 Å².